The van der Waals surface area contributed by atoms with E-state index in [2.05, 4.69) is 12.2 Å². The molecule has 3 rings (SSSR count). The van der Waals surface area contributed by atoms with Gasteiger partial charge in [0.1, 0.15) is 5.00 Å². The van der Waals surface area contributed by atoms with E-state index in [0.717, 1.165) is 36.8 Å². The molecular weight excluding hydrogens is 358 g/mol. The molecule has 0 saturated carbocycles. The minimum atomic E-state index is -0.316. The lowest BCUT2D eigenvalue weighted by molar-refractivity contribution is -0.116. The van der Waals surface area contributed by atoms with Gasteiger partial charge in [-0.1, -0.05) is 43.7 Å². The molecule has 1 atom stereocenters. The third-order valence-corrected chi connectivity index (χ3v) is 6.33. The molecule has 1 aliphatic carbocycles. The van der Waals surface area contributed by atoms with Crippen LogP contribution in [0.1, 0.15) is 59.5 Å². The summed E-state index contributed by atoms with van der Waals surface area (Å²) in [5.74, 6) is 0.283. The van der Waals surface area contributed by atoms with Crippen molar-refractivity contribution in [2.24, 2.45) is 5.92 Å². The van der Waals surface area contributed by atoms with Crippen LogP contribution < -0.4 is 5.32 Å². The zero-order valence-corrected chi connectivity index (χ0v) is 16.9. The van der Waals surface area contributed by atoms with Gasteiger partial charge in [0.05, 0.1) is 12.2 Å². The van der Waals surface area contributed by atoms with Crippen LogP contribution in [0.5, 0.6) is 0 Å². The number of esters is 1. The highest BCUT2D eigenvalue weighted by Gasteiger charge is 2.29. The SMILES string of the molecule is CCOC(=O)c1c(NC(=O)CCc2ccccc2)sc2c1CCC(CC)C2. The second kappa shape index (κ2) is 9.18. The van der Waals surface area contributed by atoms with Gasteiger partial charge in [0.25, 0.3) is 0 Å². The van der Waals surface area contributed by atoms with Crippen LogP contribution >= 0.6 is 11.3 Å². The molecule has 0 saturated heterocycles. The van der Waals surface area contributed by atoms with Gasteiger partial charge < -0.3 is 10.1 Å². The van der Waals surface area contributed by atoms with Gasteiger partial charge in [-0.3, -0.25) is 4.79 Å². The van der Waals surface area contributed by atoms with Crippen LogP contribution in [0.25, 0.3) is 0 Å². The highest BCUT2D eigenvalue weighted by molar-refractivity contribution is 7.17. The molecule has 2 aromatic rings. The van der Waals surface area contributed by atoms with Gasteiger partial charge in [-0.25, -0.2) is 4.79 Å². The number of nitrogens with one attached hydrogen (secondary N) is 1. The Morgan fingerprint density at radius 1 is 1.22 bits per heavy atom. The summed E-state index contributed by atoms with van der Waals surface area (Å²) in [5, 5.41) is 3.65. The molecule has 1 amide bonds. The normalized spacial score (nSPS) is 15.9. The monoisotopic (exact) mass is 385 g/mol. The topological polar surface area (TPSA) is 55.4 Å². The summed E-state index contributed by atoms with van der Waals surface area (Å²) in [4.78, 5) is 26.3. The lowest BCUT2D eigenvalue weighted by Crippen LogP contribution is -2.17. The number of ether oxygens (including phenoxy) is 1. The number of fused-ring (bicyclic) bond motifs is 1. The van der Waals surface area contributed by atoms with E-state index < -0.39 is 0 Å². The number of rotatable bonds is 7. The number of aryl methyl sites for hydroxylation is 1. The molecule has 27 heavy (non-hydrogen) atoms. The number of hydrogen-bond donors (Lipinski definition) is 1. The minimum absolute atomic E-state index is 0.0601. The molecule has 1 N–H and O–H groups in total. The highest BCUT2D eigenvalue weighted by Crippen LogP contribution is 2.40. The molecule has 0 bridgehead atoms. The number of benzene rings is 1. The van der Waals surface area contributed by atoms with E-state index in [1.165, 1.54) is 4.88 Å². The average molecular weight is 386 g/mol. The molecule has 4 nitrogen and oxygen atoms in total. The van der Waals surface area contributed by atoms with Gasteiger partial charge in [0.2, 0.25) is 5.91 Å². The van der Waals surface area contributed by atoms with Crippen molar-refractivity contribution in [2.45, 2.75) is 52.4 Å². The maximum absolute atomic E-state index is 12.5. The molecule has 1 aliphatic rings. The molecule has 5 heteroatoms. The average Bonchev–Trinajstić information content (AvgIpc) is 3.04. The van der Waals surface area contributed by atoms with E-state index in [9.17, 15) is 9.59 Å². The molecule has 1 aromatic heterocycles. The summed E-state index contributed by atoms with van der Waals surface area (Å²) in [6.07, 6.45) is 5.19. The minimum Gasteiger partial charge on any atom is -0.462 e. The van der Waals surface area contributed by atoms with Gasteiger partial charge in [-0.05, 0) is 49.7 Å². The molecule has 1 unspecified atom stereocenters. The van der Waals surface area contributed by atoms with Crippen molar-refractivity contribution in [1.29, 1.82) is 0 Å². The summed E-state index contributed by atoms with van der Waals surface area (Å²) in [5.41, 5.74) is 2.80. The van der Waals surface area contributed by atoms with Crippen LogP contribution in [0.15, 0.2) is 30.3 Å². The first-order valence-electron chi connectivity index (χ1n) is 9.77. The van der Waals surface area contributed by atoms with Crippen molar-refractivity contribution >= 4 is 28.2 Å². The van der Waals surface area contributed by atoms with Gasteiger partial charge in [-0.15, -0.1) is 11.3 Å². The molecule has 0 radical (unpaired) electrons. The van der Waals surface area contributed by atoms with Crippen molar-refractivity contribution in [3.63, 3.8) is 0 Å². The number of thiophene rings is 1. The molecule has 1 heterocycles. The smallest absolute Gasteiger partial charge is 0.341 e. The highest BCUT2D eigenvalue weighted by atomic mass is 32.1. The molecule has 0 aliphatic heterocycles. The molecule has 1 aromatic carbocycles. The van der Waals surface area contributed by atoms with Gasteiger partial charge >= 0.3 is 5.97 Å². The number of hydrogen-bond acceptors (Lipinski definition) is 4. The maximum atomic E-state index is 12.5. The second-order valence-corrected chi connectivity index (χ2v) is 8.08. The third-order valence-electron chi connectivity index (χ3n) is 5.16. The van der Waals surface area contributed by atoms with Crippen molar-refractivity contribution < 1.29 is 14.3 Å². The number of carbonyl (C=O) groups excluding carboxylic acids is 2. The van der Waals surface area contributed by atoms with E-state index in [-0.39, 0.29) is 11.9 Å². The summed E-state index contributed by atoms with van der Waals surface area (Å²) in [6.45, 7) is 4.35. The Bertz CT molecular complexity index is 797. The summed E-state index contributed by atoms with van der Waals surface area (Å²) in [6, 6.07) is 9.96. The molecule has 144 valence electrons. The first kappa shape index (κ1) is 19.6. The number of amides is 1. The lowest BCUT2D eigenvalue weighted by atomic mass is 9.85. The van der Waals surface area contributed by atoms with Crippen LogP contribution in [0.4, 0.5) is 5.00 Å². The van der Waals surface area contributed by atoms with Crippen molar-refractivity contribution in [1.82, 2.24) is 0 Å². The van der Waals surface area contributed by atoms with Crippen molar-refractivity contribution in [2.75, 3.05) is 11.9 Å². The van der Waals surface area contributed by atoms with E-state index in [1.54, 1.807) is 11.3 Å². The van der Waals surface area contributed by atoms with Crippen LogP contribution in [-0.2, 0) is 28.8 Å². The predicted octanol–water partition coefficient (Wildman–Crippen LogP) is 5.01. The summed E-state index contributed by atoms with van der Waals surface area (Å²) < 4.78 is 5.27. The zero-order valence-electron chi connectivity index (χ0n) is 16.0. The largest absolute Gasteiger partial charge is 0.462 e. The standard InChI is InChI=1S/C22H27NO3S/c1-3-15-10-12-17-18(14-15)27-21(20(17)22(25)26-4-2)23-19(24)13-11-16-8-6-5-7-9-16/h5-9,15H,3-4,10-14H2,1-2H3,(H,23,24). The Morgan fingerprint density at radius 2 is 2.00 bits per heavy atom. The van der Waals surface area contributed by atoms with Crippen LogP contribution in [0.2, 0.25) is 0 Å². The van der Waals surface area contributed by atoms with E-state index in [0.29, 0.717) is 35.9 Å². The van der Waals surface area contributed by atoms with Crippen LogP contribution in [0.3, 0.4) is 0 Å². The Labute approximate surface area is 164 Å². The van der Waals surface area contributed by atoms with E-state index >= 15 is 0 Å². The predicted molar refractivity (Wildman–Crippen MR) is 109 cm³/mol. The van der Waals surface area contributed by atoms with E-state index in [4.69, 9.17) is 4.74 Å². The Hall–Kier alpha value is -2.14. The van der Waals surface area contributed by atoms with Crippen LogP contribution in [-0.4, -0.2) is 18.5 Å². The fourth-order valence-corrected chi connectivity index (χ4v) is 4.97. The molecule has 0 fully saturated rings. The van der Waals surface area contributed by atoms with Crippen LogP contribution in [0, 0.1) is 5.92 Å². The second-order valence-electron chi connectivity index (χ2n) is 6.98. The molecule has 0 spiro atoms. The first-order valence-corrected chi connectivity index (χ1v) is 10.6. The van der Waals surface area contributed by atoms with Crippen molar-refractivity contribution in [3.8, 4) is 0 Å². The lowest BCUT2D eigenvalue weighted by Gasteiger charge is -2.20. The zero-order chi connectivity index (χ0) is 19.2. The maximum Gasteiger partial charge on any atom is 0.341 e. The first-order chi connectivity index (χ1) is 13.1. The Kier molecular flexibility index (Phi) is 6.67. The summed E-state index contributed by atoms with van der Waals surface area (Å²) >= 11 is 1.55. The Balaban J connectivity index is 1.76. The van der Waals surface area contributed by atoms with Gasteiger partial charge in [0.15, 0.2) is 0 Å². The van der Waals surface area contributed by atoms with Crippen molar-refractivity contribution in [3.05, 3.63) is 51.9 Å². The van der Waals surface area contributed by atoms with E-state index in [1.807, 2.05) is 37.3 Å². The summed E-state index contributed by atoms with van der Waals surface area (Å²) in [7, 11) is 0. The van der Waals surface area contributed by atoms with Gasteiger partial charge in [0, 0.05) is 11.3 Å². The molecular formula is C22H27NO3S. The van der Waals surface area contributed by atoms with Gasteiger partial charge in [-0.2, -0.15) is 0 Å². The fraction of sp³-hybridized carbons (Fsp3) is 0.455. The fourth-order valence-electron chi connectivity index (χ4n) is 3.60. The Morgan fingerprint density at radius 3 is 2.70 bits per heavy atom. The quantitative estimate of drug-likeness (QED) is 0.682. The number of anilines is 1. The third kappa shape index (κ3) is 4.78. The number of carbonyl (C=O) groups is 2.